The van der Waals surface area contributed by atoms with Gasteiger partial charge in [-0.15, -0.1) is 0 Å². The van der Waals surface area contributed by atoms with Crippen molar-refractivity contribution in [3.05, 3.63) is 0 Å². The van der Waals surface area contributed by atoms with Crippen molar-refractivity contribution in [2.75, 3.05) is 6.54 Å². The minimum absolute atomic E-state index is 0.447. The van der Waals surface area contributed by atoms with Gasteiger partial charge < -0.3 is 5.32 Å². The Balaban J connectivity index is 1.73. The molecule has 0 spiro atoms. The normalized spacial score (nSPS) is 29.3. The number of ketones is 1. The Morgan fingerprint density at radius 2 is 1.86 bits per heavy atom. The number of rotatable bonds is 3. The molecular formula is C12H21NO. The minimum atomic E-state index is 0.447. The summed E-state index contributed by atoms with van der Waals surface area (Å²) in [5, 5.41) is 3.51. The van der Waals surface area contributed by atoms with E-state index in [1.807, 2.05) is 0 Å². The molecule has 0 amide bonds. The van der Waals surface area contributed by atoms with E-state index in [0.29, 0.717) is 17.7 Å². The van der Waals surface area contributed by atoms with E-state index < -0.39 is 0 Å². The predicted molar refractivity (Wildman–Crippen MR) is 57.2 cm³/mol. The zero-order valence-electron chi connectivity index (χ0n) is 8.93. The van der Waals surface area contributed by atoms with Crippen LogP contribution in [0.4, 0.5) is 0 Å². The van der Waals surface area contributed by atoms with Gasteiger partial charge in [-0.3, -0.25) is 4.79 Å². The van der Waals surface area contributed by atoms with Gasteiger partial charge in [-0.25, -0.2) is 0 Å². The summed E-state index contributed by atoms with van der Waals surface area (Å²) >= 11 is 0. The second-order valence-corrected chi connectivity index (χ2v) is 4.80. The van der Waals surface area contributed by atoms with Gasteiger partial charge in [-0.2, -0.15) is 0 Å². The molecule has 1 aliphatic heterocycles. The van der Waals surface area contributed by atoms with Crippen LogP contribution in [0, 0.1) is 5.92 Å². The van der Waals surface area contributed by atoms with Gasteiger partial charge in [0.05, 0.1) is 0 Å². The maximum absolute atomic E-state index is 11.6. The second-order valence-electron chi connectivity index (χ2n) is 4.80. The molecule has 0 aromatic rings. The first-order chi connectivity index (χ1) is 6.86. The topological polar surface area (TPSA) is 29.1 Å². The van der Waals surface area contributed by atoms with Gasteiger partial charge >= 0.3 is 0 Å². The van der Waals surface area contributed by atoms with Crippen LogP contribution < -0.4 is 5.32 Å². The van der Waals surface area contributed by atoms with Crippen LogP contribution in [-0.2, 0) is 4.79 Å². The lowest BCUT2D eigenvalue weighted by Crippen LogP contribution is -2.33. The summed E-state index contributed by atoms with van der Waals surface area (Å²) in [5.41, 5.74) is 0. The Hall–Kier alpha value is -0.370. The Morgan fingerprint density at radius 1 is 1.07 bits per heavy atom. The predicted octanol–water partition coefficient (Wildman–Crippen LogP) is 2.28. The number of carbonyl (C=O) groups excluding carboxylic acids is 1. The summed E-state index contributed by atoms with van der Waals surface area (Å²) in [7, 11) is 0. The van der Waals surface area contributed by atoms with Crippen molar-refractivity contribution < 1.29 is 4.79 Å². The molecule has 1 heterocycles. The Bertz CT molecular complexity index is 190. The van der Waals surface area contributed by atoms with Gasteiger partial charge in [0, 0.05) is 18.4 Å². The molecule has 2 nitrogen and oxygen atoms in total. The van der Waals surface area contributed by atoms with Crippen LogP contribution in [0.5, 0.6) is 0 Å². The standard InChI is InChI=1S/C12H21NO/c14-12(10-6-7-10)9-11-5-3-1-2-4-8-13-11/h10-11,13H,1-9H2. The molecule has 1 saturated heterocycles. The van der Waals surface area contributed by atoms with Crippen LogP contribution in [0.15, 0.2) is 0 Å². The van der Waals surface area contributed by atoms with Crippen LogP contribution in [-0.4, -0.2) is 18.4 Å². The van der Waals surface area contributed by atoms with E-state index >= 15 is 0 Å². The molecule has 2 rings (SSSR count). The molecule has 0 aromatic carbocycles. The molecule has 14 heavy (non-hydrogen) atoms. The molecule has 0 bridgehead atoms. The van der Waals surface area contributed by atoms with E-state index in [4.69, 9.17) is 0 Å². The number of hydrogen-bond donors (Lipinski definition) is 1. The Morgan fingerprint density at radius 3 is 2.64 bits per heavy atom. The fraction of sp³-hybridized carbons (Fsp3) is 0.917. The van der Waals surface area contributed by atoms with Crippen molar-refractivity contribution in [1.29, 1.82) is 0 Å². The molecule has 2 heteroatoms. The highest BCUT2D eigenvalue weighted by atomic mass is 16.1. The first-order valence-electron chi connectivity index (χ1n) is 6.12. The fourth-order valence-corrected chi connectivity index (χ4v) is 2.27. The van der Waals surface area contributed by atoms with Crippen molar-refractivity contribution in [3.8, 4) is 0 Å². The van der Waals surface area contributed by atoms with E-state index in [9.17, 15) is 4.79 Å². The molecule has 1 saturated carbocycles. The number of carbonyl (C=O) groups is 1. The highest BCUT2D eigenvalue weighted by Gasteiger charge is 2.30. The molecule has 1 N–H and O–H groups in total. The molecule has 80 valence electrons. The van der Waals surface area contributed by atoms with E-state index in [-0.39, 0.29) is 0 Å². The maximum Gasteiger partial charge on any atom is 0.137 e. The summed E-state index contributed by atoms with van der Waals surface area (Å²) in [6.45, 7) is 1.11. The van der Waals surface area contributed by atoms with Crippen LogP contribution in [0.25, 0.3) is 0 Å². The third-order valence-corrected chi connectivity index (χ3v) is 3.39. The average Bonchev–Trinajstić information content (AvgIpc) is 2.91. The number of hydrogen-bond acceptors (Lipinski definition) is 2. The summed E-state index contributed by atoms with van der Waals surface area (Å²) < 4.78 is 0. The molecule has 1 unspecified atom stereocenters. The first-order valence-corrected chi connectivity index (χ1v) is 6.12. The molecule has 2 aliphatic rings. The van der Waals surface area contributed by atoms with Gasteiger partial charge in [-0.1, -0.05) is 19.3 Å². The quantitative estimate of drug-likeness (QED) is 0.748. The van der Waals surface area contributed by atoms with Gasteiger partial charge in [0.1, 0.15) is 5.78 Å². The van der Waals surface area contributed by atoms with E-state index in [1.54, 1.807) is 0 Å². The van der Waals surface area contributed by atoms with Crippen molar-refractivity contribution in [1.82, 2.24) is 5.32 Å². The molecule has 0 aromatic heterocycles. The summed E-state index contributed by atoms with van der Waals surface area (Å²) in [4.78, 5) is 11.6. The first kappa shape index (κ1) is 10.2. The molecule has 2 fully saturated rings. The zero-order valence-corrected chi connectivity index (χ0v) is 8.93. The van der Waals surface area contributed by atoms with Crippen molar-refractivity contribution in [3.63, 3.8) is 0 Å². The number of nitrogens with one attached hydrogen (secondary N) is 1. The highest BCUT2D eigenvalue weighted by molar-refractivity contribution is 5.83. The molecule has 0 radical (unpaired) electrons. The highest BCUT2D eigenvalue weighted by Crippen LogP contribution is 2.31. The Kier molecular flexibility index (Phi) is 3.57. The van der Waals surface area contributed by atoms with Crippen molar-refractivity contribution in [2.45, 2.75) is 57.4 Å². The summed E-state index contributed by atoms with van der Waals surface area (Å²) in [6, 6.07) is 0.489. The van der Waals surface area contributed by atoms with Gasteiger partial charge in [0.15, 0.2) is 0 Å². The summed E-state index contributed by atoms with van der Waals surface area (Å²) in [6.07, 6.45) is 9.62. The lowest BCUT2D eigenvalue weighted by molar-refractivity contribution is -0.120. The summed E-state index contributed by atoms with van der Waals surface area (Å²) in [5.74, 6) is 0.963. The largest absolute Gasteiger partial charge is 0.314 e. The third-order valence-electron chi connectivity index (χ3n) is 3.39. The Labute approximate surface area is 86.5 Å². The van der Waals surface area contributed by atoms with E-state index in [0.717, 1.165) is 25.8 Å². The van der Waals surface area contributed by atoms with Crippen molar-refractivity contribution in [2.24, 2.45) is 5.92 Å². The lowest BCUT2D eigenvalue weighted by Gasteiger charge is -2.20. The number of Topliss-reactive ketones (excluding diaryl/α,β-unsaturated/α-hetero) is 1. The molecule has 1 aliphatic carbocycles. The van der Waals surface area contributed by atoms with Gasteiger partial charge in [0.2, 0.25) is 0 Å². The van der Waals surface area contributed by atoms with Crippen LogP contribution in [0.1, 0.15) is 51.4 Å². The average molecular weight is 195 g/mol. The monoisotopic (exact) mass is 195 g/mol. The second kappa shape index (κ2) is 4.92. The van der Waals surface area contributed by atoms with Gasteiger partial charge in [0.25, 0.3) is 0 Å². The third kappa shape index (κ3) is 3.09. The van der Waals surface area contributed by atoms with Crippen LogP contribution in [0.2, 0.25) is 0 Å². The van der Waals surface area contributed by atoms with Crippen molar-refractivity contribution >= 4 is 5.78 Å². The molecular weight excluding hydrogens is 174 g/mol. The smallest absolute Gasteiger partial charge is 0.137 e. The lowest BCUT2D eigenvalue weighted by atomic mass is 9.98. The fourth-order valence-electron chi connectivity index (χ4n) is 2.27. The van der Waals surface area contributed by atoms with Crippen LogP contribution in [0.3, 0.4) is 0 Å². The van der Waals surface area contributed by atoms with Gasteiger partial charge in [-0.05, 0) is 32.2 Å². The van der Waals surface area contributed by atoms with Crippen LogP contribution >= 0.6 is 0 Å². The van der Waals surface area contributed by atoms with E-state index in [2.05, 4.69) is 5.32 Å². The van der Waals surface area contributed by atoms with E-state index in [1.165, 1.54) is 32.1 Å². The molecule has 1 atom stereocenters. The zero-order chi connectivity index (χ0) is 9.80. The maximum atomic E-state index is 11.6. The SMILES string of the molecule is O=C(CC1CCCCCCN1)C1CC1. The minimum Gasteiger partial charge on any atom is -0.314 e.